The van der Waals surface area contributed by atoms with Crippen LogP contribution in [0.1, 0.15) is 50.8 Å². The van der Waals surface area contributed by atoms with Crippen molar-refractivity contribution < 1.29 is 19.1 Å². The van der Waals surface area contributed by atoms with Crippen molar-refractivity contribution >= 4 is 23.6 Å². The zero-order chi connectivity index (χ0) is 24.5. The van der Waals surface area contributed by atoms with Gasteiger partial charge in [-0.05, 0) is 42.5 Å². The van der Waals surface area contributed by atoms with Crippen molar-refractivity contribution in [3.8, 4) is 5.75 Å². The molecule has 0 aliphatic carbocycles. The molecular weight excluding hydrogens is 432 g/mol. The summed E-state index contributed by atoms with van der Waals surface area (Å²) in [6.45, 7) is 5.32. The number of amides is 4. The Kier molecular flexibility index (Phi) is 6.41. The molecule has 178 valence electrons. The predicted octanol–water partition coefficient (Wildman–Crippen LogP) is 3.73. The number of benzene rings is 2. The molecule has 0 bridgehead atoms. The first-order chi connectivity index (χ1) is 16.2. The molecule has 0 saturated carbocycles. The van der Waals surface area contributed by atoms with Crippen LogP contribution in [0.5, 0.6) is 5.75 Å². The van der Waals surface area contributed by atoms with E-state index < -0.39 is 17.5 Å². The summed E-state index contributed by atoms with van der Waals surface area (Å²) in [6.07, 6.45) is 1.02. The average Bonchev–Trinajstić information content (AvgIpc) is 3.35. The van der Waals surface area contributed by atoms with Gasteiger partial charge in [0.25, 0.3) is 11.8 Å². The van der Waals surface area contributed by atoms with Gasteiger partial charge in [0.15, 0.2) is 0 Å². The number of nitrogens with one attached hydrogen (secondary N) is 1. The third-order valence-corrected chi connectivity index (χ3v) is 6.23. The number of rotatable bonds is 7. The van der Waals surface area contributed by atoms with E-state index in [-0.39, 0.29) is 24.4 Å². The molecule has 4 rings (SSSR count). The lowest BCUT2D eigenvalue weighted by Gasteiger charge is -2.25. The lowest BCUT2D eigenvalue weighted by atomic mass is 9.91. The molecule has 34 heavy (non-hydrogen) atoms. The maximum atomic E-state index is 13.4. The summed E-state index contributed by atoms with van der Waals surface area (Å²) in [5, 5.41) is 8.81. The van der Waals surface area contributed by atoms with E-state index in [0.717, 1.165) is 21.7 Å². The fourth-order valence-corrected chi connectivity index (χ4v) is 4.68. The van der Waals surface area contributed by atoms with Crippen LogP contribution >= 0.6 is 0 Å². The highest BCUT2D eigenvalue weighted by Gasteiger charge is 2.49. The zero-order valence-corrected chi connectivity index (χ0v) is 19.9. The van der Waals surface area contributed by atoms with Gasteiger partial charge in [0, 0.05) is 6.42 Å². The Hall–Kier alpha value is -3.68. The van der Waals surface area contributed by atoms with Gasteiger partial charge in [-0.15, -0.1) is 0 Å². The van der Waals surface area contributed by atoms with Gasteiger partial charge in [-0.1, -0.05) is 56.3 Å². The van der Waals surface area contributed by atoms with Crippen LogP contribution < -0.4 is 10.1 Å². The van der Waals surface area contributed by atoms with Gasteiger partial charge in [0.2, 0.25) is 0 Å². The van der Waals surface area contributed by atoms with E-state index in [4.69, 9.17) is 4.74 Å². The minimum atomic E-state index is -1.01. The number of urea groups is 1. The van der Waals surface area contributed by atoms with E-state index in [0.29, 0.717) is 18.6 Å². The van der Waals surface area contributed by atoms with Crippen molar-refractivity contribution in [1.82, 2.24) is 15.2 Å². The average molecular weight is 463 g/mol. The van der Waals surface area contributed by atoms with Gasteiger partial charge in [0.05, 0.1) is 18.9 Å². The highest BCUT2D eigenvalue weighted by Crippen LogP contribution is 2.34. The lowest BCUT2D eigenvalue weighted by molar-refractivity contribution is -0.140. The number of carbonyl (C=O) groups excluding carboxylic acids is 3. The number of hydrazone groups is 1. The molecule has 1 fully saturated rings. The Morgan fingerprint density at radius 3 is 2.44 bits per heavy atom. The standard InChI is InChI=1S/C26H30N4O4/c1-17(2)15-26(3)24(32)29(25(33)27-26)16-23(31)30-22(19-10-12-20(34-4)13-11-19)14-21(28-30)18-8-6-5-7-9-18/h5-13,17,22H,14-16H2,1-4H3,(H,27,33)/t22-,26-/m0/s1. The molecular formula is C26H30N4O4. The summed E-state index contributed by atoms with van der Waals surface area (Å²) in [5.41, 5.74) is 1.59. The summed E-state index contributed by atoms with van der Waals surface area (Å²) >= 11 is 0. The molecule has 0 spiro atoms. The van der Waals surface area contributed by atoms with Crippen molar-refractivity contribution in [1.29, 1.82) is 0 Å². The van der Waals surface area contributed by atoms with Crippen molar-refractivity contribution in [2.75, 3.05) is 13.7 Å². The first-order valence-electron chi connectivity index (χ1n) is 11.4. The van der Waals surface area contributed by atoms with Crippen LogP contribution in [0.15, 0.2) is 59.7 Å². The second kappa shape index (κ2) is 9.29. The topological polar surface area (TPSA) is 91.3 Å². The van der Waals surface area contributed by atoms with Crippen LogP contribution in [0.3, 0.4) is 0 Å². The van der Waals surface area contributed by atoms with Gasteiger partial charge in [0.1, 0.15) is 17.8 Å². The van der Waals surface area contributed by atoms with Crippen molar-refractivity contribution in [3.63, 3.8) is 0 Å². The highest BCUT2D eigenvalue weighted by atomic mass is 16.5. The SMILES string of the molecule is COc1ccc([C@@H]2CC(c3ccccc3)=NN2C(=O)CN2C(=O)N[C@@](C)(CC(C)C)C2=O)cc1. The number of nitrogens with zero attached hydrogens (tertiary/aromatic N) is 3. The van der Waals surface area contributed by atoms with E-state index in [1.165, 1.54) is 5.01 Å². The summed E-state index contributed by atoms with van der Waals surface area (Å²) in [4.78, 5) is 40.1. The van der Waals surface area contributed by atoms with E-state index in [1.807, 2.05) is 68.4 Å². The molecule has 0 unspecified atom stereocenters. The molecule has 0 radical (unpaired) electrons. The monoisotopic (exact) mass is 462 g/mol. The number of carbonyl (C=O) groups is 3. The normalized spacial score (nSPS) is 22.3. The summed E-state index contributed by atoms with van der Waals surface area (Å²) in [5.74, 6) is 0.129. The molecule has 8 nitrogen and oxygen atoms in total. The minimum Gasteiger partial charge on any atom is -0.497 e. The molecule has 4 amide bonds. The smallest absolute Gasteiger partial charge is 0.325 e. The number of hydrogen-bond acceptors (Lipinski definition) is 5. The first kappa shape index (κ1) is 23.5. The van der Waals surface area contributed by atoms with Gasteiger partial charge < -0.3 is 10.1 Å². The predicted molar refractivity (Wildman–Crippen MR) is 128 cm³/mol. The van der Waals surface area contributed by atoms with Crippen LogP contribution in [0, 0.1) is 5.92 Å². The van der Waals surface area contributed by atoms with Crippen molar-refractivity contribution in [2.24, 2.45) is 11.0 Å². The number of hydrogen-bond donors (Lipinski definition) is 1. The molecule has 2 aliphatic heterocycles. The zero-order valence-electron chi connectivity index (χ0n) is 19.9. The molecule has 8 heteroatoms. The van der Waals surface area contributed by atoms with Gasteiger partial charge >= 0.3 is 6.03 Å². The third kappa shape index (κ3) is 4.53. The van der Waals surface area contributed by atoms with Crippen LogP contribution in [-0.4, -0.2) is 52.7 Å². The molecule has 1 saturated heterocycles. The van der Waals surface area contributed by atoms with Crippen molar-refractivity contribution in [2.45, 2.75) is 45.2 Å². The van der Waals surface area contributed by atoms with Crippen LogP contribution in [0.4, 0.5) is 4.79 Å². The third-order valence-electron chi connectivity index (χ3n) is 6.23. The Labute approximate surface area is 199 Å². The Morgan fingerprint density at radius 2 is 1.82 bits per heavy atom. The second-order valence-electron chi connectivity index (χ2n) is 9.40. The van der Waals surface area contributed by atoms with E-state index >= 15 is 0 Å². The van der Waals surface area contributed by atoms with Gasteiger partial charge in [-0.3, -0.25) is 14.5 Å². The highest BCUT2D eigenvalue weighted by molar-refractivity contribution is 6.09. The molecule has 2 heterocycles. The molecule has 2 aromatic rings. The maximum absolute atomic E-state index is 13.4. The molecule has 1 N–H and O–H groups in total. The van der Waals surface area contributed by atoms with Gasteiger partial charge in [-0.2, -0.15) is 5.10 Å². The van der Waals surface area contributed by atoms with Crippen LogP contribution in [0.25, 0.3) is 0 Å². The summed E-state index contributed by atoms with van der Waals surface area (Å²) in [7, 11) is 1.60. The summed E-state index contributed by atoms with van der Waals surface area (Å²) in [6, 6.07) is 16.3. The number of methoxy groups -OCH3 is 1. The van der Waals surface area contributed by atoms with E-state index in [2.05, 4.69) is 10.4 Å². The molecule has 2 atom stereocenters. The fourth-order valence-electron chi connectivity index (χ4n) is 4.68. The Morgan fingerprint density at radius 1 is 1.15 bits per heavy atom. The molecule has 0 aromatic heterocycles. The number of imide groups is 1. The second-order valence-corrected chi connectivity index (χ2v) is 9.40. The number of ether oxygens (including phenoxy) is 1. The van der Waals surface area contributed by atoms with Gasteiger partial charge in [-0.25, -0.2) is 9.80 Å². The largest absolute Gasteiger partial charge is 0.497 e. The summed E-state index contributed by atoms with van der Waals surface area (Å²) < 4.78 is 5.26. The van der Waals surface area contributed by atoms with Crippen molar-refractivity contribution in [3.05, 3.63) is 65.7 Å². The first-order valence-corrected chi connectivity index (χ1v) is 11.4. The quantitative estimate of drug-likeness (QED) is 0.635. The lowest BCUT2D eigenvalue weighted by Crippen LogP contribution is -2.46. The molecule has 2 aromatic carbocycles. The van der Waals surface area contributed by atoms with Crippen LogP contribution in [0.2, 0.25) is 0 Å². The fraction of sp³-hybridized carbons (Fsp3) is 0.385. The maximum Gasteiger partial charge on any atom is 0.325 e. The van der Waals surface area contributed by atoms with E-state index in [9.17, 15) is 14.4 Å². The molecule has 2 aliphatic rings. The van der Waals surface area contributed by atoms with Crippen LogP contribution in [-0.2, 0) is 9.59 Å². The Balaban J connectivity index is 1.60. The minimum absolute atomic E-state index is 0.209. The van der Waals surface area contributed by atoms with E-state index in [1.54, 1.807) is 14.0 Å². The Bertz CT molecular complexity index is 1110.